The highest BCUT2D eigenvalue weighted by Crippen LogP contribution is 2.17. The SMILES string of the molecule is CC(C)COC(=O)N1CCCN(CC(=O)Nc2cccc(S(=O)(=O)NC3=NCCC3)c2)CC1. The molecule has 1 fully saturated rings. The molecule has 0 unspecified atom stereocenters. The van der Waals surface area contributed by atoms with Crippen LogP contribution in [0.15, 0.2) is 34.2 Å². The van der Waals surface area contributed by atoms with Crippen LogP contribution in [0.1, 0.15) is 33.1 Å². The molecule has 0 atom stereocenters. The van der Waals surface area contributed by atoms with Gasteiger partial charge in [-0.1, -0.05) is 19.9 Å². The Morgan fingerprint density at radius 3 is 2.70 bits per heavy atom. The van der Waals surface area contributed by atoms with Gasteiger partial charge in [-0.15, -0.1) is 0 Å². The third-order valence-electron chi connectivity index (χ3n) is 5.31. The highest BCUT2D eigenvalue weighted by molar-refractivity contribution is 7.90. The molecule has 0 saturated carbocycles. The number of amidine groups is 1. The van der Waals surface area contributed by atoms with E-state index in [1.54, 1.807) is 17.0 Å². The van der Waals surface area contributed by atoms with Crippen molar-refractivity contribution in [2.24, 2.45) is 10.9 Å². The summed E-state index contributed by atoms with van der Waals surface area (Å²) in [6.07, 6.45) is 1.87. The quantitative estimate of drug-likeness (QED) is 0.616. The number of nitrogens with one attached hydrogen (secondary N) is 2. The topological polar surface area (TPSA) is 120 Å². The monoisotopic (exact) mass is 479 g/mol. The van der Waals surface area contributed by atoms with Crippen LogP contribution in [0.3, 0.4) is 0 Å². The minimum atomic E-state index is -3.75. The predicted octanol–water partition coefficient (Wildman–Crippen LogP) is 1.90. The molecule has 3 rings (SSSR count). The first-order valence-corrected chi connectivity index (χ1v) is 12.8. The van der Waals surface area contributed by atoms with E-state index in [0.29, 0.717) is 57.3 Å². The molecule has 182 valence electrons. The Kier molecular flexibility index (Phi) is 8.67. The molecule has 11 heteroatoms. The molecule has 2 heterocycles. The lowest BCUT2D eigenvalue weighted by molar-refractivity contribution is -0.117. The fourth-order valence-electron chi connectivity index (χ4n) is 3.62. The van der Waals surface area contributed by atoms with Gasteiger partial charge in [0.05, 0.1) is 18.0 Å². The van der Waals surface area contributed by atoms with Gasteiger partial charge in [-0.05, 0) is 37.0 Å². The maximum atomic E-state index is 12.6. The summed E-state index contributed by atoms with van der Waals surface area (Å²) in [6, 6.07) is 6.16. The summed E-state index contributed by atoms with van der Waals surface area (Å²) >= 11 is 0. The molecular weight excluding hydrogens is 446 g/mol. The molecule has 2 N–H and O–H groups in total. The Balaban J connectivity index is 1.51. The van der Waals surface area contributed by atoms with Crippen molar-refractivity contribution < 1.29 is 22.7 Å². The van der Waals surface area contributed by atoms with Crippen LogP contribution in [-0.4, -0.2) is 81.9 Å². The molecule has 0 aliphatic carbocycles. The molecule has 1 saturated heterocycles. The maximum absolute atomic E-state index is 12.6. The average Bonchev–Trinajstić information content (AvgIpc) is 3.15. The number of rotatable bonds is 7. The smallest absolute Gasteiger partial charge is 0.409 e. The highest BCUT2D eigenvalue weighted by Gasteiger charge is 2.22. The number of sulfonamides is 1. The van der Waals surface area contributed by atoms with Gasteiger partial charge in [0.2, 0.25) is 5.91 Å². The normalized spacial score (nSPS) is 17.4. The van der Waals surface area contributed by atoms with E-state index in [-0.39, 0.29) is 29.4 Å². The zero-order valence-electron chi connectivity index (χ0n) is 19.2. The summed E-state index contributed by atoms with van der Waals surface area (Å²) in [5, 5.41) is 2.77. The number of nitrogens with zero attached hydrogens (tertiary/aromatic N) is 3. The molecular formula is C22H33N5O5S. The summed E-state index contributed by atoms with van der Waals surface area (Å²) < 4.78 is 33.0. The minimum Gasteiger partial charge on any atom is -0.449 e. The van der Waals surface area contributed by atoms with Crippen LogP contribution >= 0.6 is 0 Å². The number of benzene rings is 1. The number of carbonyl (C=O) groups is 2. The number of hydrogen-bond donors (Lipinski definition) is 2. The van der Waals surface area contributed by atoms with E-state index in [1.807, 2.05) is 18.7 Å². The average molecular weight is 480 g/mol. The van der Waals surface area contributed by atoms with Gasteiger partial charge >= 0.3 is 6.09 Å². The first-order chi connectivity index (χ1) is 15.7. The molecule has 2 aliphatic heterocycles. The first kappa shape index (κ1) is 25.0. The molecule has 0 radical (unpaired) electrons. The second kappa shape index (κ2) is 11.5. The minimum absolute atomic E-state index is 0.0697. The third-order valence-corrected chi connectivity index (χ3v) is 6.69. The lowest BCUT2D eigenvalue weighted by Gasteiger charge is -2.21. The van der Waals surface area contributed by atoms with Crippen molar-refractivity contribution in [1.29, 1.82) is 0 Å². The molecule has 0 bridgehead atoms. The van der Waals surface area contributed by atoms with Crippen LogP contribution in [0.2, 0.25) is 0 Å². The lowest BCUT2D eigenvalue weighted by atomic mass is 10.2. The molecule has 1 aromatic carbocycles. The second-order valence-electron chi connectivity index (χ2n) is 8.70. The molecule has 2 aliphatic rings. The van der Waals surface area contributed by atoms with Crippen molar-refractivity contribution in [1.82, 2.24) is 14.5 Å². The van der Waals surface area contributed by atoms with Crippen molar-refractivity contribution in [3.8, 4) is 0 Å². The Morgan fingerprint density at radius 2 is 1.97 bits per heavy atom. The molecule has 10 nitrogen and oxygen atoms in total. The van der Waals surface area contributed by atoms with Crippen molar-refractivity contribution in [2.75, 3.05) is 51.2 Å². The van der Waals surface area contributed by atoms with Crippen molar-refractivity contribution in [2.45, 2.75) is 38.0 Å². The van der Waals surface area contributed by atoms with E-state index in [4.69, 9.17) is 4.74 Å². The number of aliphatic imine (C=N–C) groups is 1. The van der Waals surface area contributed by atoms with E-state index in [1.165, 1.54) is 12.1 Å². The molecule has 33 heavy (non-hydrogen) atoms. The second-order valence-corrected chi connectivity index (χ2v) is 10.4. The standard InChI is InChI=1S/C22H33N5O5S/c1-17(2)16-32-22(29)27-11-5-10-26(12-13-27)15-21(28)24-18-6-3-7-19(14-18)33(30,31)25-20-8-4-9-23-20/h3,6-7,14,17H,4-5,8-13,15-16H2,1-2H3,(H,23,25)(H,24,28). The summed E-state index contributed by atoms with van der Waals surface area (Å²) in [5.41, 5.74) is 0.407. The largest absolute Gasteiger partial charge is 0.449 e. The van der Waals surface area contributed by atoms with E-state index in [2.05, 4.69) is 15.0 Å². The van der Waals surface area contributed by atoms with Crippen LogP contribution < -0.4 is 10.0 Å². The lowest BCUT2D eigenvalue weighted by Crippen LogP contribution is -2.38. The van der Waals surface area contributed by atoms with Crippen LogP contribution in [-0.2, 0) is 19.6 Å². The van der Waals surface area contributed by atoms with Gasteiger partial charge in [0, 0.05) is 44.8 Å². The fraction of sp³-hybridized carbons (Fsp3) is 0.591. The van der Waals surface area contributed by atoms with Gasteiger partial charge in [-0.2, -0.15) is 0 Å². The number of ether oxygens (including phenoxy) is 1. The van der Waals surface area contributed by atoms with Crippen LogP contribution in [0.25, 0.3) is 0 Å². The van der Waals surface area contributed by atoms with E-state index in [9.17, 15) is 18.0 Å². The van der Waals surface area contributed by atoms with Gasteiger partial charge < -0.3 is 15.0 Å². The van der Waals surface area contributed by atoms with Crippen LogP contribution in [0.4, 0.5) is 10.5 Å². The number of anilines is 1. The summed E-state index contributed by atoms with van der Waals surface area (Å²) in [4.78, 5) is 32.6. The zero-order chi connectivity index (χ0) is 23.8. The van der Waals surface area contributed by atoms with E-state index < -0.39 is 10.0 Å². The van der Waals surface area contributed by atoms with Crippen LogP contribution in [0.5, 0.6) is 0 Å². The molecule has 1 aromatic rings. The van der Waals surface area contributed by atoms with Crippen LogP contribution in [0, 0.1) is 5.92 Å². The van der Waals surface area contributed by atoms with Gasteiger partial charge in [0.25, 0.3) is 10.0 Å². The van der Waals surface area contributed by atoms with E-state index in [0.717, 1.165) is 12.8 Å². The Hall–Kier alpha value is -2.66. The van der Waals surface area contributed by atoms with Crippen molar-refractivity contribution in [3.63, 3.8) is 0 Å². The molecule has 0 aromatic heterocycles. The van der Waals surface area contributed by atoms with Crippen molar-refractivity contribution >= 4 is 33.5 Å². The number of hydrogen-bond acceptors (Lipinski definition) is 7. The Morgan fingerprint density at radius 1 is 1.15 bits per heavy atom. The van der Waals surface area contributed by atoms with Gasteiger partial charge in [0.1, 0.15) is 5.84 Å². The van der Waals surface area contributed by atoms with Crippen molar-refractivity contribution in [3.05, 3.63) is 24.3 Å². The third kappa shape index (κ3) is 7.71. The fourth-order valence-corrected chi connectivity index (χ4v) is 4.76. The first-order valence-electron chi connectivity index (χ1n) is 11.3. The highest BCUT2D eigenvalue weighted by atomic mass is 32.2. The number of carbonyl (C=O) groups excluding carboxylic acids is 2. The summed E-state index contributed by atoms with van der Waals surface area (Å²) in [7, 11) is -3.75. The molecule has 0 spiro atoms. The zero-order valence-corrected chi connectivity index (χ0v) is 20.1. The van der Waals surface area contributed by atoms with E-state index >= 15 is 0 Å². The summed E-state index contributed by atoms with van der Waals surface area (Å²) in [6.45, 7) is 7.47. The van der Waals surface area contributed by atoms with Gasteiger partial charge in [0.15, 0.2) is 0 Å². The Labute approximate surface area is 195 Å². The van der Waals surface area contributed by atoms with Gasteiger partial charge in [-0.25, -0.2) is 13.2 Å². The molecule has 2 amide bonds. The Bertz CT molecular complexity index is 979. The van der Waals surface area contributed by atoms with Gasteiger partial charge in [-0.3, -0.25) is 19.4 Å². The maximum Gasteiger partial charge on any atom is 0.409 e. The summed E-state index contributed by atoms with van der Waals surface area (Å²) in [5.74, 6) is 0.503. The number of amides is 2. The predicted molar refractivity (Wildman–Crippen MR) is 126 cm³/mol.